The maximum Gasteiger partial charge on any atom is 0.220 e. The fourth-order valence-corrected chi connectivity index (χ4v) is 4.48. The standard InChI is InChI=1S/C22H43N5O/c1-2-24-22(25-14-6-5-11-19-9-3-4-10-19)26-15-7-8-16-27-17-12-20(13-18-27)21(23)28/h19-20H,2-18H2,1H3,(H2,23,28)(H2,24,25,26). The van der Waals surface area contributed by atoms with Crippen molar-refractivity contribution in [2.45, 2.75) is 77.6 Å². The molecule has 28 heavy (non-hydrogen) atoms. The van der Waals surface area contributed by atoms with Gasteiger partial charge >= 0.3 is 0 Å². The minimum atomic E-state index is -0.127. The van der Waals surface area contributed by atoms with Gasteiger partial charge in [0, 0.05) is 25.6 Å². The summed E-state index contributed by atoms with van der Waals surface area (Å²) in [5.74, 6) is 1.93. The van der Waals surface area contributed by atoms with Crippen LogP contribution in [0.15, 0.2) is 4.99 Å². The van der Waals surface area contributed by atoms with E-state index in [-0.39, 0.29) is 11.8 Å². The first kappa shape index (κ1) is 23.0. The van der Waals surface area contributed by atoms with E-state index in [0.29, 0.717) is 0 Å². The zero-order valence-electron chi connectivity index (χ0n) is 18.1. The van der Waals surface area contributed by atoms with Gasteiger partial charge in [-0.05, 0) is 64.6 Å². The van der Waals surface area contributed by atoms with Gasteiger partial charge in [0.2, 0.25) is 5.91 Å². The van der Waals surface area contributed by atoms with Crippen molar-refractivity contribution in [1.82, 2.24) is 15.5 Å². The molecule has 4 N–H and O–H groups in total. The lowest BCUT2D eigenvalue weighted by molar-refractivity contribution is -0.123. The molecule has 6 heteroatoms. The molecule has 0 aromatic rings. The topological polar surface area (TPSA) is 82.8 Å². The SMILES string of the molecule is CCNC(=NCCCCC1CCCC1)NCCCCN1CCC(C(N)=O)CC1. The van der Waals surface area contributed by atoms with Gasteiger partial charge in [-0.25, -0.2) is 0 Å². The number of hydrogen-bond acceptors (Lipinski definition) is 3. The number of guanidine groups is 1. The van der Waals surface area contributed by atoms with Crippen LogP contribution in [0.4, 0.5) is 0 Å². The maximum atomic E-state index is 11.2. The Hall–Kier alpha value is -1.30. The number of amides is 1. The first-order valence-electron chi connectivity index (χ1n) is 11.7. The summed E-state index contributed by atoms with van der Waals surface area (Å²) in [4.78, 5) is 18.4. The number of nitrogens with two attached hydrogens (primary N) is 1. The largest absolute Gasteiger partial charge is 0.369 e. The van der Waals surface area contributed by atoms with Crippen LogP contribution in [0.1, 0.15) is 77.6 Å². The molecular formula is C22H43N5O. The van der Waals surface area contributed by atoms with Crippen LogP contribution >= 0.6 is 0 Å². The maximum absolute atomic E-state index is 11.2. The van der Waals surface area contributed by atoms with E-state index < -0.39 is 0 Å². The van der Waals surface area contributed by atoms with Crippen LogP contribution in [-0.4, -0.2) is 56.0 Å². The summed E-state index contributed by atoms with van der Waals surface area (Å²) in [6, 6.07) is 0. The number of nitrogens with one attached hydrogen (secondary N) is 2. The van der Waals surface area contributed by atoms with E-state index in [2.05, 4.69) is 22.5 Å². The average Bonchev–Trinajstić information content (AvgIpc) is 3.21. The predicted octanol–water partition coefficient (Wildman–Crippen LogP) is 2.88. The fourth-order valence-electron chi connectivity index (χ4n) is 4.48. The highest BCUT2D eigenvalue weighted by atomic mass is 16.1. The van der Waals surface area contributed by atoms with E-state index in [1.54, 1.807) is 0 Å². The quantitative estimate of drug-likeness (QED) is 0.270. The molecule has 162 valence electrons. The molecule has 1 saturated heterocycles. The summed E-state index contributed by atoms with van der Waals surface area (Å²) in [5, 5.41) is 6.83. The molecule has 0 radical (unpaired) electrons. The van der Waals surface area contributed by atoms with Crippen molar-refractivity contribution in [2.75, 3.05) is 39.3 Å². The van der Waals surface area contributed by atoms with Gasteiger partial charge in [0.25, 0.3) is 0 Å². The zero-order valence-corrected chi connectivity index (χ0v) is 18.1. The monoisotopic (exact) mass is 393 g/mol. The molecule has 1 aliphatic carbocycles. The number of likely N-dealkylation sites (tertiary alicyclic amines) is 1. The van der Waals surface area contributed by atoms with Gasteiger partial charge in [-0.15, -0.1) is 0 Å². The molecule has 1 saturated carbocycles. The molecule has 1 heterocycles. The van der Waals surface area contributed by atoms with Crippen LogP contribution in [0.5, 0.6) is 0 Å². The van der Waals surface area contributed by atoms with Crippen LogP contribution in [-0.2, 0) is 4.79 Å². The number of rotatable bonds is 12. The Morgan fingerprint density at radius 3 is 2.46 bits per heavy atom. The molecule has 0 atom stereocenters. The first-order chi connectivity index (χ1) is 13.7. The lowest BCUT2D eigenvalue weighted by Crippen LogP contribution is -2.39. The van der Waals surface area contributed by atoms with E-state index in [1.165, 1.54) is 51.4 Å². The van der Waals surface area contributed by atoms with Gasteiger partial charge in [0.1, 0.15) is 0 Å². The number of piperidine rings is 1. The predicted molar refractivity (Wildman–Crippen MR) is 117 cm³/mol. The summed E-state index contributed by atoms with van der Waals surface area (Å²) < 4.78 is 0. The molecule has 0 spiro atoms. The minimum Gasteiger partial charge on any atom is -0.369 e. The van der Waals surface area contributed by atoms with Gasteiger partial charge in [-0.1, -0.05) is 38.5 Å². The van der Waals surface area contributed by atoms with Crippen LogP contribution in [0.25, 0.3) is 0 Å². The summed E-state index contributed by atoms with van der Waals surface area (Å²) in [7, 11) is 0. The molecule has 2 aliphatic rings. The number of primary amides is 1. The molecule has 2 rings (SSSR count). The smallest absolute Gasteiger partial charge is 0.220 e. The van der Waals surface area contributed by atoms with E-state index >= 15 is 0 Å². The normalized spacial score (nSPS) is 19.8. The molecular weight excluding hydrogens is 350 g/mol. The Bertz CT molecular complexity index is 454. The second kappa shape index (κ2) is 13.8. The number of unbranched alkanes of at least 4 members (excludes halogenated alkanes) is 2. The molecule has 1 aliphatic heterocycles. The highest BCUT2D eigenvalue weighted by Crippen LogP contribution is 2.28. The molecule has 0 unspecified atom stereocenters. The van der Waals surface area contributed by atoms with Crippen LogP contribution in [0.3, 0.4) is 0 Å². The average molecular weight is 394 g/mol. The third-order valence-electron chi connectivity index (χ3n) is 6.29. The van der Waals surface area contributed by atoms with Crippen molar-refractivity contribution in [3.8, 4) is 0 Å². The van der Waals surface area contributed by atoms with E-state index in [1.807, 2.05) is 0 Å². The molecule has 2 fully saturated rings. The Labute approximate surface area is 172 Å². The van der Waals surface area contributed by atoms with Crippen molar-refractivity contribution >= 4 is 11.9 Å². The fraction of sp³-hybridized carbons (Fsp3) is 0.909. The van der Waals surface area contributed by atoms with Crippen LogP contribution in [0, 0.1) is 11.8 Å². The highest BCUT2D eigenvalue weighted by molar-refractivity contribution is 5.79. The molecule has 1 amide bonds. The van der Waals surface area contributed by atoms with Crippen LogP contribution < -0.4 is 16.4 Å². The lowest BCUT2D eigenvalue weighted by atomic mass is 9.96. The van der Waals surface area contributed by atoms with E-state index in [9.17, 15) is 4.79 Å². The number of aliphatic imine (C=N–C) groups is 1. The Balaban J connectivity index is 1.50. The second-order valence-corrected chi connectivity index (χ2v) is 8.56. The number of carbonyl (C=O) groups is 1. The third kappa shape index (κ3) is 9.26. The molecule has 0 aromatic carbocycles. The number of hydrogen-bond donors (Lipinski definition) is 3. The second-order valence-electron chi connectivity index (χ2n) is 8.56. The van der Waals surface area contributed by atoms with Crippen molar-refractivity contribution in [3.63, 3.8) is 0 Å². The zero-order chi connectivity index (χ0) is 20.0. The third-order valence-corrected chi connectivity index (χ3v) is 6.29. The summed E-state index contributed by atoms with van der Waals surface area (Å²) in [6.07, 6.45) is 13.9. The van der Waals surface area contributed by atoms with Crippen molar-refractivity contribution in [1.29, 1.82) is 0 Å². The Morgan fingerprint density at radius 2 is 1.79 bits per heavy atom. The summed E-state index contributed by atoms with van der Waals surface area (Å²) >= 11 is 0. The van der Waals surface area contributed by atoms with Crippen molar-refractivity contribution in [3.05, 3.63) is 0 Å². The van der Waals surface area contributed by atoms with Gasteiger partial charge < -0.3 is 21.3 Å². The van der Waals surface area contributed by atoms with Gasteiger partial charge in [0.15, 0.2) is 5.96 Å². The minimum absolute atomic E-state index is 0.0926. The lowest BCUT2D eigenvalue weighted by Gasteiger charge is -2.30. The van der Waals surface area contributed by atoms with Crippen molar-refractivity contribution < 1.29 is 4.79 Å². The van der Waals surface area contributed by atoms with Gasteiger partial charge in [0.05, 0.1) is 0 Å². The summed E-state index contributed by atoms with van der Waals surface area (Å²) in [6.45, 7) is 8.04. The van der Waals surface area contributed by atoms with Crippen molar-refractivity contribution in [2.24, 2.45) is 22.6 Å². The van der Waals surface area contributed by atoms with Gasteiger partial charge in [-0.3, -0.25) is 9.79 Å². The molecule has 0 bridgehead atoms. The van der Waals surface area contributed by atoms with E-state index in [4.69, 9.17) is 10.7 Å². The van der Waals surface area contributed by atoms with Gasteiger partial charge in [-0.2, -0.15) is 0 Å². The van der Waals surface area contributed by atoms with E-state index in [0.717, 1.165) is 70.4 Å². The first-order valence-corrected chi connectivity index (χ1v) is 11.7. The molecule has 0 aromatic heterocycles. The highest BCUT2D eigenvalue weighted by Gasteiger charge is 2.22. The summed E-state index contributed by atoms with van der Waals surface area (Å²) in [5.41, 5.74) is 5.40. The van der Waals surface area contributed by atoms with Crippen LogP contribution in [0.2, 0.25) is 0 Å². The molecule has 6 nitrogen and oxygen atoms in total. The Morgan fingerprint density at radius 1 is 1.04 bits per heavy atom. The Kier molecular flexibility index (Phi) is 11.3. The number of nitrogens with zero attached hydrogens (tertiary/aromatic N) is 2. The number of carbonyl (C=O) groups excluding carboxylic acids is 1.